The topological polar surface area (TPSA) is 55.1 Å². The summed E-state index contributed by atoms with van der Waals surface area (Å²) < 4.78 is 0. The predicted molar refractivity (Wildman–Crippen MR) is 68.5 cm³/mol. The van der Waals surface area contributed by atoms with Crippen LogP contribution in [0.25, 0.3) is 0 Å². The number of benzene rings is 1. The van der Waals surface area contributed by atoms with Crippen LogP contribution >= 0.6 is 12.4 Å². The third-order valence-electron chi connectivity index (χ3n) is 2.29. The third kappa shape index (κ3) is 5.14. The van der Waals surface area contributed by atoms with Gasteiger partial charge in [-0.15, -0.1) is 12.4 Å². The first kappa shape index (κ1) is 14.9. The maximum absolute atomic E-state index is 11.4. The molecule has 0 bridgehead atoms. The summed E-state index contributed by atoms with van der Waals surface area (Å²) in [5.74, 6) is 0.0665. The van der Waals surface area contributed by atoms with E-state index in [1.807, 2.05) is 37.3 Å². The maximum atomic E-state index is 11.4. The standard InChI is InChI=1S/C12H18N2O.ClH/c1-10(11-6-3-2-4-7-11)14-12(15)8-5-9-13;/h2-4,6-7,10H,5,8-9,13H2,1H3,(H,14,15);1H. The van der Waals surface area contributed by atoms with E-state index in [2.05, 4.69) is 5.32 Å². The van der Waals surface area contributed by atoms with Crippen LogP contribution in [0.1, 0.15) is 31.4 Å². The molecule has 0 saturated carbocycles. The quantitative estimate of drug-likeness (QED) is 0.830. The molecule has 3 nitrogen and oxygen atoms in total. The molecule has 0 aliphatic heterocycles. The molecule has 1 aromatic rings. The summed E-state index contributed by atoms with van der Waals surface area (Å²) in [6.45, 7) is 2.54. The molecule has 0 heterocycles. The van der Waals surface area contributed by atoms with Gasteiger partial charge < -0.3 is 11.1 Å². The molecule has 0 aliphatic carbocycles. The highest BCUT2D eigenvalue weighted by atomic mass is 35.5. The Labute approximate surface area is 103 Å². The Morgan fingerprint density at radius 2 is 2.00 bits per heavy atom. The molecule has 1 atom stereocenters. The van der Waals surface area contributed by atoms with Crippen LogP contribution in [0.15, 0.2) is 30.3 Å². The molecule has 4 heteroatoms. The second-order valence-corrected chi connectivity index (χ2v) is 3.59. The van der Waals surface area contributed by atoms with Gasteiger partial charge in [-0.05, 0) is 25.5 Å². The van der Waals surface area contributed by atoms with Crippen molar-refractivity contribution in [3.05, 3.63) is 35.9 Å². The van der Waals surface area contributed by atoms with E-state index in [-0.39, 0.29) is 24.4 Å². The fourth-order valence-electron chi connectivity index (χ4n) is 1.40. The Morgan fingerprint density at radius 1 is 1.38 bits per heavy atom. The monoisotopic (exact) mass is 242 g/mol. The number of carbonyl (C=O) groups excluding carboxylic acids is 1. The molecule has 3 N–H and O–H groups in total. The SMILES string of the molecule is CC(NC(=O)CCCN)c1ccccc1.Cl. The van der Waals surface area contributed by atoms with Crippen LogP contribution in [0.3, 0.4) is 0 Å². The van der Waals surface area contributed by atoms with Gasteiger partial charge in [0.2, 0.25) is 5.91 Å². The molecule has 16 heavy (non-hydrogen) atoms. The van der Waals surface area contributed by atoms with E-state index in [9.17, 15) is 4.79 Å². The van der Waals surface area contributed by atoms with E-state index in [4.69, 9.17) is 5.73 Å². The van der Waals surface area contributed by atoms with Gasteiger partial charge in [-0.3, -0.25) is 4.79 Å². The highest BCUT2D eigenvalue weighted by molar-refractivity contribution is 5.85. The van der Waals surface area contributed by atoms with Crippen molar-refractivity contribution in [3.8, 4) is 0 Å². The average Bonchev–Trinajstić information content (AvgIpc) is 2.27. The molecule has 1 rings (SSSR count). The minimum absolute atomic E-state index is 0. The molecule has 1 unspecified atom stereocenters. The zero-order chi connectivity index (χ0) is 11.1. The molecule has 0 saturated heterocycles. The number of halogens is 1. The van der Waals surface area contributed by atoms with Crippen molar-refractivity contribution in [3.63, 3.8) is 0 Å². The Kier molecular flexibility index (Phi) is 7.60. The van der Waals surface area contributed by atoms with E-state index in [1.165, 1.54) is 0 Å². The van der Waals surface area contributed by atoms with Gasteiger partial charge in [0.25, 0.3) is 0 Å². The van der Waals surface area contributed by atoms with Crippen molar-refractivity contribution in [2.45, 2.75) is 25.8 Å². The van der Waals surface area contributed by atoms with Crippen molar-refractivity contribution in [1.82, 2.24) is 5.32 Å². The zero-order valence-corrected chi connectivity index (χ0v) is 10.3. The Morgan fingerprint density at radius 3 is 2.56 bits per heavy atom. The lowest BCUT2D eigenvalue weighted by atomic mass is 10.1. The molecule has 1 amide bonds. The summed E-state index contributed by atoms with van der Waals surface area (Å²) in [6, 6.07) is 9.99. The van der Waals surface area contributed by atoms with Crippen LogP contribution < -0.4 is 11.1 Å². The molecule has 0 spiro atoms. The Balaban J connectivity index is 0.00000225. The van der Waals surface area contributed by atoms with Gasteiger partial charge in [0, 0.05) is 6.42 Å². The normalized spacial score (nSPS) is 11.4. The van der Waals surface area contributed by atoms with Gasteiger partial charge in [0.15, 0.2) is 0 Å². The van der Waals surface area contributed by atoms with E-state index >= 15 is 0 Å². The lowest BCUT2D eigenvalue weighted by Gasteiger charge is -2.13. The second-order valence-electron chi connectivity index (χ2n) is 3.59. The van der Waals surface area contributed by atoms with Gasteiger partial charge in [-0.2, -0.15) is 0 Å². The van der Waals surface area contributed by atoms with Crippen molar-refractivity contribution >= 4 is 18.3 Å². The van der Waals surface area contributed by atoms with Crippen molar-refractivity contribution < 1.29 is 4.79 Å². The van der Waals surface area contributed by atoms with Gasteiger partial charge in [-0.1, -0.05) is 30.3 Å². The minimum atomic E-state index is 0. The first-order chi connectivity index (χ1) is 7.24. The molecular weight excluding hydrogens is 224 g/mol. The molecule has 0 aromatic heterocycles. The summed E-state index contributed by atoms with van der Waals surface area (Å²) >= 11 is 0. The highest BCUT2D eigenvalue weighted by Crippen LogP contribution is 2.11. The fourth-order valence-corrected chi connectivity index (χ4v) is 1.40. The van der Waals surface area contributed by atoms with Crippen molar-refractivity contribution in [1.29, 1.82) is 0 Å². The molecular formula is C12H19ClN2O. The lowest BCUT2D eigenvalue weighted by Crippen LogP contribution is -2.26. The highest BCUT2D eigenvalue weighted by Gasteiger charge is 2.07. The van der Waals surface area contributed by atoms with Gasteiger partial charge in [0.1, 0.15) is 0 Å². The molecule has 0 radical (unpaired) electrons. The molecule has 0 aliphatic rings. The maximum Gasteiger partial charge on any atom is 0.220 e. The summed E-state index contributed by atoms with van der Waals surface area (Å²) in [6.07, 6.45) is 1.25. The number of hydrogen-bond donors (Lipinski definition) is 2. The zero-order valence-electron chi connectivity index (χ0n) is 9.48. The van der Waals surface area contributed by atoms with Crippen LogP contribution in [-0.4, -0.2) is 12.5 Å². The summed E-state index contributed by atoms with van der Waals surface area (Å²) in [5, 5.41) is 2.94. The number of carbonyl (C=O) groups is 1. The van der Waals surface area contributed by atoms with E-state index in [0.717, 1.165) is 12.0 Å². The Hall–Kier alpha value is -1.06. The smallest absolute Gasteiger partial charge is 0.220 e. The molecule has 0 fully saturated rings. The summed E-state index contributed by atoms with van der Waals surface area (Å²) in [7, 11) is 0. The predicted octanol–water partition coefficient (Wildman–Crippen LogP) is 2.02. The average molecular weight is 243 g/mol. The van der Waals surface area contributed by atoms with Crippen LogP contribution in [0.4, 0.5) is 0 Å². The largest absolute Gasteiger partial charge is 0.350 e. The fraction of sp³-hybridized carbons (Fsp3) is 0.417. The van der Waals surface area contributed by atoms with Gasteiger partial charge >= 0.3 is 0 Å². The third-order valence-corrected chi connectivity index (χ3v) is 2.29. The van der Waals surface area contributed by atoms with Crippen LogP contribution in [0.2, 0.25) is 0 Å². The van der Waals surface area contributed by atoms with Gasteiger partial charge in [-0.25, -0.2) is 0 Å². The van der Waals surface area contributed by atoms with Crippen molar-refractivity contribution in [2.24, 2.45) is 5.73 Å². The van der Waals surface area contributed by atoms with E-state index in [0.29, 0.717) is 13.0 Å². The first-order valence-electron chi connectivity index (χ1n) is 5.28. The first-order valence-corrected chi connectivity index (χ1v) is 5.28. The Bertz CT molecular complexity index is 303. The summed E-state index contributed by atoms with van der Waals surface area (Å²) in [5.41, 5.74) is 6.46. The summed E-state index contributed by atoms with van der Waals surface area (Å²) in [4.78, 5) is 11.4. The number of rotatable bonds is 5. The molecule has 1 aromatic carbocycles. The minimum Gasteiger partial charge on any atom is -0.350 e. The molecule has 90 valence electrons. The van der Waals surface area contributed by atoms with Gasteiger partial charge in [0.05, 0.1) is 6.04 Å². The van der Waals surface area contributed by atoms with E-state index < -0.39 is 0 Å². The number of hydrogen-bond acceptors (Lipinski definition) is 2. The second kappa shape index (κ2) is 8.13. The number of nitrogens with two attached hydrogens (primary N) is 1. The van der Waals surface area contributed by atoms with E-state index in [1.54, 1.807) is 0 Å². The number of amides is 1. The van der Waals surface area contributed by atoms with Crippen molar-refractivity contribution in [2.75, 3.05) is 6.54 Å². The van der Waals surface area contributed by atoms with Crippen LogP contribution in [0.5, 0.6) is 0 Å². The van der Waals surface area contributed by atoms with Crippen LogP contribution in [0, 0.1) is 0 Å². The lowest BCUT2D eigenvalue weighted by molar-refractivity contribution is -0.121. The van der Waals surface area contributed by atoms with Crippen LogP contribution in [-0.2, 0) is 4.79 Å². The number of nitrogens with one attached hydrogen (secondary N) is 1.